The highest BCUT2D eigenvalue weighted by Gasteiger charge is 2.36. The number of sulfone groups is 1. The second-order valence-corrected chi connectivity index (χ2v) is 8.70. The molecule has 0 heterocycles. The Morgan fingerprint density at radius 3 is 2.62 bits per heavy atom. The molecule has 1 aliphatic carbocycles. The third-order valence-electron chi connectivity index (χ3n) is 4.15. The van der Waals surface area contributed by atoms with Crippen LogP contribution in [0.4, 0.5) is 0 Å². The van der Waals surface area contributed by atoms with E-state index in [1.54, 1.807) is 18.2 Å². The zero-order valence-electron chi connectivity index (χ0n) is 12.5. The lowest BCUT2D eigenvalue weighted by Crippen LogP contribution is -2.44. The van der Waals surface area contributed by atoms with E-state index in [9.17, 15) is 8.42 Å². The van der Waals surface area contributed by atoms with Crippen LogP contribution in [-0.4, -0.2) is 26.3 Å². The monoisotopic (exact) mass is 373 g/mol. The van der Waals surface area contributed by atoms with Gasteiger partial charge in [-0.1, -0.05) is 38.3 Å². The van der Waals surface area contributed by atoms with E-state index in [1.807, 2.05) is 6.07 Å². The molecule has 0 amide bonds. The summed E-state index contributed by atoms with van der Waals surface area (Å²) in [5.74, 6) is 0. The van der Waals surface area contributed by atoms with Crippen LogP contribution in [0.5, 0.6) is 0 Å². The van der Waals surface area contributed by atoms with Crippen LogP contribution >= 0.6 is 15.9 Å². The molecule has 118 valence electrons. The number of hydrogen-bond donors (Lipinski definition) is 1. The highest BCUT2D eigenvalue weighted by molar-refractivity contribution is 9.10. The van der Waals surface area contributed by atoms with Crippen molar-refractivity contribution in [2.45, 2.75) is 61.6 Å². The van der Waals surface area contributed by atoms with Crippen molar-refractivity contribution >= 4 is 25.8 Å². The second-order valence-electron chi connectivity index (χ2n) is 5.71. The van der Waals surface area contributed by atoms with Crippen LogP contribution in [0.1, 0.15) is 45.4 Å². The van der Waals surface area contributed by atoms with Gasteiger partial charge in [-0.05, 0) is 53.9 Å². The summed E-state index contributed by atoms with van der Waals surface area (Å²) in [7, 11) is -3.31. The molecular weight excluding hydrogens is 350 g/mol. The van der Waals surface area contributed by atoms with Crippen molar-refractivity contribution in [3.05, 3.63) is 28.7 Å². The Labute approximate surface area is 136 Å². The molecule has 21 heavy (non-hydrogen) atoms. The number of halogens is 1. The zero-order chi connectivity index (χ0) is 15.3. The van der Waals surface area contributed by atoms with Crippen molar-refractivity contribution in [2.24, 2.45) is 0 Å². The minimum atomic E-state index is -3.31. The standard InChI is InChI=1S/C16H24BrNO2S/c1-2-12-18-14-9-4-3-5-11-16(14)21(19,20)15-10-7-6-8-13(15)17/h6-8,10,14,16,18H,2-5,9,11-12H2,1H3. The molecule has 1 N–H and O–H groups in total. The summed E-state index contributed by atoms with van der Waals surface area (Å²) >= 11 is 3.39. The van der Waals surface area contributed by atoms with E-state index >= 15 is 0 Å². The Balaban J connectivity index is 2.32. The van der Waals surface area contributed by atoms with Gasteiger partial charge in [0.1, 0.15) is 0 Å². The van der Waals surface area contributed by atoms with Crippen molar-refractivity contribution < 1.29 is 8.42 Å². The molecule has 1 saturated carbocycles. The lowest BCUT2D eigenvalue weighted by molar-refractivity contribution is 0.450. The van der Waals surface area contributed by atoms with Crippen LogP contribution in [0.3, 0.4) is 0 Å². The molecule has 0 saturated heterocycles. The van der Waals surface area contributed by atoms with Crippen LogP contribution in [0.15, 0.2) is 33.6 Å². The fraction of sp³-hybridized carbons (Fsp3) is 0.625. The van der Waals surface area contributed by atoms with Gasteiger partial charge < -0.3 is 5.32 Å². The normalized spacial score (nSPS) is 23.7. The van der Waals surface area contributed by atoms with E-state index in [0.29, 0.717) is 9.37 Å². The van der Waals surface area contributed by atoms with Crippen molar-refractivity contribution in [1.29, 1.82) is 0 Å². The molecule has 1 aliphatic rings. The lowest BCUT2D eigenvalue weighted by Gasteiger charge is -2.26. The number of benzene rings is 1. The Bertz CT molecular complexity index is 559. The Morgan fingerprint density at radius 1 is 1.19 bits per heavy atom. The molecule has 1 aromatic rings. The van der Waals surface area contributed by atoms with Gasteiger partial charge >= 0.3 is 0 Å². The molecule has 1 fully saturated rings. The van der Waals surface area contributed by atoms with Crippen LogP contribution < -0.4 is 5.32 Å². The summed E-state index contributed by atoms with van der Waals surface area (Å²) in [5, 5.41) is 3.15. The molecule has 5 heteroatoms. The molecule has 2 unspecified atom stereocenters. The number of nitrogens with one attached hydrogen (secondary N) is 1. The summed E-state index contributed by atoms with van der Waals surface area (Å²) in [4.78, 5) is 0.431. The molecule has 2 atom stereocenters. The van der Waals surface area contributed by atoms with E-state index in [-0.39, 0.29) is 11.3 Å². The van der Waals surface area contributed by atoms with Gasteiger partial charge in [0.2, 0.25) is 0 Å². The molecule has 0 aromatic heterocycles. The van der Waals surface area contributed by atoms with Gasteiger partial charge in [-0.2, -0.15) is 0 Å². The third kappa shape index (κ3) is 4.08. The fourth-order valence-electron chi connectivity index (χ4n) is 3.05. The molecule has 3 nitrogen and oxygen atoms in total. The Kier molecular flexibility index (Phi) is 6.26. The molecule has 1 aromatic carbocycles. The summed E-state index contributed by atoms with van der Waals surface area (Å²) in [6.45, 7) is 2.99. The first kappa shape index (κ1) is 17.0. The summed E-state index contributed by atoms with van der Waals surface area (Å²) in [6.07, 6.45) is 5.98. The highest BCUT2D eigenvalue weighted by Crippen LogP contribution is 2.31. The van der Waals surface area contributed by atoms with E-state index in [2.05, 4.69) is 28.2 Å². The Hall–Kier alpha value is -0.390. The van der Waals surface area contributed by atoms with E-state index < -0.39 is 9.84 Å². The molecular formula is C16H24BrNO2S. The molecule has 0 bridgehead atoms. The number of hydrogen-bond acceptors (Lipinski definition) is 3. The maximum atomic E-state index is 13.1. The SMILES string of the molecule is CCCNC1CCCCCC1S(=O)(=O)c1ccccc1Br. The highest BCUT2D eigenvalue weighted by atomic mass is 79.9. The van der Waals surface area contributed by atoms with Crippen molar-refractivity contribution in [3.8, 4) is 0 Å². The Morgan fingerprint density at radius 2 is 1.90 bits per heavy atom. The fourth-order valence-corrected chi connectivity index (χ4v) is 6.08. The van der Waals surface area contributed by atoms with Crippen LogP contribution in [-0.2, 0) is 9.84 Å². The molecule has 0 radical (unpaired) electrons. The second kappa shape index (κ2) is 7.75. The zero-order valence-corrected chi connectivity index (χ0v) is 14.9. The van der Waals surface area contributed by atoms with Crippen LogP contribution in [0.25, 0.3) is 0 Å². The molecule has 0 aliphatic heterocycles. The largest absolute Gasteiger partial charge is 0.313 e. The summed E-state index contributed by atoms with van der Waals surface area (Å²) < 4.78 is 26.8. The first-order valence-electron chi connectivity index (χ1n) is 7.79. The maximum absolute atomic E-state index is 13.1. The van der Waals surface area contributed by atoms with Crippen molar-refractivity contribution in [2.75, 3.05) is 6.54 Å². The lowest BCUT2D eigenvalue weighted by atomic mass is 10.1. The molecule has 2 rings (SSSR count). The topological polar surface area (TPSA) is 46.2 Å². The van der Waals surface area contributed by atoms with Crippen LogP contribution in [0.2, 0.25) is 0 Å². The first-order chi connectivity index (χ1) is 10.1. The predicted octanol–water partition coefficient (Wildman–Crippen LogP) is 3.92. The van der Waals surface area contributed by atoms with E-state index in [1.165, 1.54) is 0 Å². The minimum absolute atomic E-state index is 0.0737. The summed E-state index contributed by atoms with van der Waals surface area (Å²) in [5.41, 5.74) is 0. The predicted molar refractivity (Wildman–Crippen MR) is 90.3 cm³/mol. The van der Waals surface area contributed by atoms with Gasteiger partial charge in [0.15, 0.2) is 9.84 Å². The van der Waals surface area contributed by atoms with Gasteiger partial charge in [0.25, 0.3) is 0 Å². The minimum Gasteiger partial charge on any atom is -0.313 e. The van der Waals surface area contributed by atoms with Gasteiger partial charge in [0.05, 0.1) is 10.1 Å². The summed E-state index contributed by atoms with van der Waals surface area (Å²) in [6, 6.07) is 7.23. The maximum Gasteiger partial charge on any atom is 0.183 e. The van der Waals surface area contributed by atoms with E-state index in [0.717, 1.165) is 45.1 Å². The quantitative estimate of drug-likeness (QED) is 0.795. The van der Waals surface area contributed by atoms with Gasteiger partial charge in [-0.15, -0.1) is 0 Å². The third-order valence-corrected chi connectivity index (χ3v) is 7.44. The van der Waals surface area contributed by atoms with Crippen LogP contribution in [0, 0.1) is 0 Å². The van der Waals surface area contributed by atoms with Gasteiger partial charge in [-0.3, -0.25) is 0 Å². The first-order valence-corrected chi connectivity index (χ1v) is 10.1. The average Bonchev–Trinajstić information content (AvgIpc) is 2.71. The van der Waals surface area contributed by atoms with Crippen molar-refractivity contribution in [1.82, 2.24) is 5.32 Å². The molecule has 0 spiro atoms. The van der Waals surface area contributed by atoms with E-state index in [4.69, 9.17) is 0 Å². The van der Waals surface area contributed by atoms with Crippen molar-refractivity contribution in [3.63, 3.8) is 0 Å². The van der Waals surface area contributed by atoms with Gasteiger partial charge in [0, 0.05) is 10.5 Å². The average molecular weight is 374 g/mol. The van der Waals surface area contributed by atoms with Gasteiger partial charge in [-0.25, -0.2) is 8.42 Å². The smallest absolute Gasteiger partial charge is 0.183 e. The number of rotatable bonds is 5.